The molecule has 1 amide bonds. The number of hydrogen-bond donors (Lipinski definition) is 2. The predicted molar refractivity (Wildman–Crippen MR) is 83.0 cm³/mol. The van der Waals surface area contributed by atoms with Crippen LogP contribution in [0.5, 0.6) is 0 Å². The zero-order valence-electron chi connectivity index (χ0n) is 13.8. The average Bonchev–Trinajstić information content (AvgIpc) is 2.47. The van der Waals surface area contributed by atoms with Crippen molar-refractivity contribution < 1.29 is 18.0 Å². The van der Waals surface area contributed by atoms with E-state index in [1.54, 1.807) is 0 Å². The van der Waals surface area contributed by atoms with Crippen LogP contribution in [0.15, 0.2) is 0 Å². The minimum atomic E-state index is -4.32. The maximum Gasteiger partial charge on any atom is 0.405 e. The smallest absolute Gasteiger partial charge is 0.354 e. The highest BCUT2D eigenvalue weighted by molar-refractivity contribution is 5.76. The summed E-state index contributed by atoms with van der Waals surface area (Å²) in [4.78, 5) is 13.4. The van der Waals surface area contributed by atoms with Crippen LogP contribution in [0.25, 0.3) is 0 Å². The van der Waals surface area contributed by atoms with Crippen LogP contribution in [-0.4, -0.2) is 55.7 Å². The van der Waals surface area contributed by atoms with E-state index in [1.807, 2.05) is 0 Å². The molecule has 134 valence electrons. The summed E-state index contributed by atoms with van der Waals surface area (Å²) in [5.41, 5.74) is 0. The minimum absolute atomic E-state index is 0.242. The van der Waals surface area contributed by atoms with Crippen molar-refractivity contribution in [2.75, 3.05) is 32.7 Å². The van der Waals surface area contributed by atoms with Gasteiger partial charge in [0.25, 0.3) is 0 Å². The van der Waals surface area contributed by atoms with Crippen molar-refractivity contribution in [3.8, 4) is 0 Å². The third-order valence-electron chi connectivity index (χ3n) is 4.98. The molecule has 2 aliphatic rings. The fourth-order valence-electron chi connectivity index (χ4n) is 3.74. The van der Waals surface area contributed by atoms with Crippen LogP contribution in [-0.2, 0) is 4.79 Å². The van der Waals surface area contributed by atoms with Crippen molar-refractivity contribution in [1.29, 1.82) is 0 Å². The molecule has 2 fully saturated rings. The van der Waals surface area contributed by atoms with Crippen molar-refractivity contribution >= 4 is 5.91 Å². The molecular weight excluding hydrogens is 307 g/mol. The molecule has 0 aromatic carbocycles. The number of carbonyl (C=O) groups excluding carboxylic acids is 1. The van der Waals surface area contributed by atoms with Crippen LogP contribution in [0, 0.1) is 11.8 Å². The number of halogens is 3. The summed E-state index contributed by atoms with van der Waals surface area (Å²) in [5, 5.41) is 5.58. The summed E-state index contributed by atoms with van der Waals surface area (Å²) in [7, 11) is 0. The third kappa shape index (κ3) is 5.95. The molecule has 2 N–H and O–H groups in total. The number of nitrogens with one attached hydrogen (secondary N) is 2. The third-order valence-corrected chi connectivity index (χ3v) is 4.98. The van der Waals surface area contributed by atoms with Gasteiger partial charge in [0.05, 0.1) is 0 Å². The topological polar surface area (TPSA) is 44.4 Å². The van der Waals surface area contributed by atoms with E-state index in [0.29, 0.717) is 44.4 Å². The molecule has 2 rings (SSSR count). The van der Waals surface area contributed by atoms with Crippen LogP contribution < -0.4 is 10.6 Å². The van der Waals surface area contributed by atoms with Crippen LogP contribution >= 0.6 is 0 Å². The normalized spacial score (nSPS) is 28.3. The quantitative estimate of drug-likeness (QED) is 0.809. The standard InChI is InChI=1S/C16H28F3N3O/c1-12-3-2-4-13(9-12)10-15(23)21-11-14(16(17,18)19)22-7-5-20-6-8-22/h12-14,20H,2-11H2,1H3,(H,21,23). The Hall–Kier alpha value is -0.820. The van der Waals surface area contributed by atoms with E-state index in [-0.39, 0.29) is 12.5 Å². The fraction of sp³-hybridized carbons (Fsp3) is 0.938. The van der Waals surface area contributed by atoms with Gasteiger partial charge < -0.3 is 10.6 Å². The second kappa shape index (κ2) is 8.33. The van der Waals surface area contributed by atoms with Crippen molar-refractivity contribution in [2.45, 2.75) is 51.2 Å². The highest BCUT2D eigenvalue weighted by Crippen LogP contribution is 2.30. The summed E-state index contributed by atoms with van der Waals surface area (Å²) in [6.07, 6.45) is 0.370. The van der Waals surface area contributed by atoms with Gasteiger partial charge in [-0.15, -0.1) is 0 Å². The molecule has 4 nitrogen and oxygen atoms in total. The summed E-state index contributed by atoms with van der Waals surface area (Å²) in [6.45, 7) is 3.67. The largest absolute Gasteiger partial charge is 0.405 e. The number of hydrogen-bond acceptors (Lipinski definition) is 3. The number of alkyl halides is 3. The first kappa shape index (κ1) is 18.5. The molecular formula is C16H28F3N3O. The van der Waals surface area contributed by atoms with E-state index in [9.17, 15) is 18.0 Å². The lowest BCUT2D eigenvalue weighted by atomic mass is 9.81. The SMILES string of the molecule is CC1CCCC(CC(=O)NCC(N2CCNCC2)C(F)(F)F)C1. The van der Waals surface area contributed by atoms with E-state index in [4.69, 9.17) is 0 Å². The number of rotatable bonds is 5. The number of piperazine rings is 1. The van der Waals surface area contributed by atoms with E-state index in [2.05, 4.69) is 17.6 Å². The minimum Gasteiger partial charge on any atom is -0.354 e. The van der Waals surface area contributed by atoms with Crippen molar-refractivity contribution in [2.24, 2.45) is 11.8 Å². The first-order chi connectivity index (χ1) is 10.9. The molecule has 1 aliphatic carbocycles. The molecule has 1 heterocycles. The van der Waals surface area contributed by atoms with Crippen LogP contribution in [0.1, 0.15) is 39.0 Å². The highest BCUT2D eigenvalue weighted by Gasteiger charge is 2.43. The van der Waals surface area contributed by atoms with Gasteiger partial charge in [0.1, 0.15) is 6.04 Å². The van der Waals surface area contributed by atoms with Gasteiger partial charge >= 0.3 is 6.18 Å². The number of carbonyl (C=O) groups is 1. The van der Waals surface area contributed by atoms with Gasteiger partial charge in [0, 0.05) is 39.1 Å². The lowest BCUT2D eigenvalue weighted by Crippen LogP contribution is -2.57. The second-order valence-corrected chi connectivity index (χ2v) is 6.99. The molecule has 7 heteroatoms. The van der Waals surface area contributed by atoms with Gasteiger partial charge in [0.2, 0.25) is 5.91 Å². The van der Waals surface area contributed by atoms with Crippen molar-refractivity contribution in [3.05, 3.63) is 0 Å². The number of nitrogens with zero attached hydrogens (tertiary/aromatic N) is 1. The molecule has 0 aromatic rings. The average molecular weight is 335 g/mol. The predicted octanol–water partition coefficient (Wildman–Crippen LogP) is 2.16. The van der Waals surface area contributed by atoms with Crippen LogP contribution in [0.2, 0.25) is 0 Å². The second-order valence-electron chi connectivity index (χ2n) is 6.99. The Balaban J connectivity index is 1.81. The molecule has 3 atom stereocenters. The van der Waals surface area contributed by atoms with Gasteiger partial charge in [-0.3, -0.25) is 9.69 Å². The Bertz CT molecular complexity index is 383. The molecule has 1 aliphatic heterocycles. The highest BCUT2D eigenvalue weighted by atomic mass is 19.4. The molecule has 0 radical (unpaired) electrons. The Morgan fingerprint density at radius 3 is 2.61 bits per heavy atom. The maximum absolute atomic E-state index is 13.3. The van der Waals surface area contributed by atoms with E-state index >= 15 is 0 Å². The first-order valence-corrected chi connectivity index (χ1v) is 8.64. The van der Waals surface area contributed by atoms with Crippen LogP contribution in [0.3, 0.4) is 0 Å². The van der Waals surface area contributed by atoms with Gasteiger partial charge in [-0.05, 0) is 24.7 Å². The van der Waals surface area contributed by atoms with Gasteiger partial charge in [-0.1, -0.05) is 19.8 Å². The zero-order chi connectivity index (χ0) is 16.9. The molecule has 3 unspecified atom stereocenters. The van der Waals surface area contributed by atoms with Crippen molar-refractivity contribution in [1.82, 2.24) is 15.5 Å². The Kier molecular flexibility index (Phi) is 6.71. The summed E-state index contributed by atoms with van der Waals surface area (Å²) in [6, 6.07) is -1.58. The monoisotopic (exact) mass is 335 g/mol. The van der Waals surface area contributed by atoms with Crippen molar-refractivity contribution in [3.63, 3.8) is 0 Å². The summed E-state index contributed by atoms with van der Waals surface area (Å²) >= 11 is 0. The Labute approximate surface area is 136 Å². The molecule has 0 spiro atoms. The van der Waals surface area contributed by atoms with Gasteiger partial charge in [-0.2, -0.15) is 13.2 Å². The summed E-state index contributed by atoms with van der Waals surface area (Å²) in [5.74, 6) is 0.695. The maximum atomic E-state index is 13.3. The van der Waals surface area contributed by atoms with Gasteiger partial charge in [0.15, 0.2) is 0 Å². The zero-order valence-corrected chi connectivity index (χ0v) is 13.8. The Morgan fingerprint density at radius 2 is 2.00 bits per heavy atom. The molecule has 0 aromatic heterocycles. The van der Waals surface area contributed by atoms with Crippen LogP contribution in [0.4, 0.5) is 13.2 Å². The van der Waals surface area contributed by atoms with E-state index in [1.165, 1.54) is 11.3 Å². The summed E-state index contributed by atoms with van der Waals surface area (Å²) < 4.78 is 39.8. The molecule has 1 saturated heterocycles. The van der Waals surface area contributed by atoms with E-state index in [0.717, 1.165) is 19.3 Å². The molecule has 0 bridgehead atoms. The lowest BCUT2D eigenvalue weighted by Gasteiger charge is -2.36. The van der Waals surface area contributed by atoms with Gasteiger partial charge in [-0.25, -0.2) is 0 Å². The molecule has 23 heavy (non-hydrogen) atoms. The van der Waals surface area contributed by atoms with E-state index < -0.39 is 12.2 Å². The number of amides is 1. The fourth-order valence-corrected chi connectivity index (χ4v) is 3.74. The first-order valence-electron chi connectivity index (χ1n) is 8.64. The Morgan fingerprint density at radius 1 is 1.30 bits per heavy atom. The molecule has 1 saturated carbocycles. The lowest BCUT2D eigenvalue weighted by molar-refractivity contribution is -0.184.